The van der Waals surface area contributed by atoms with Gasteiger partial charge in [-0.3, -0.25) is 4.68 Å². The lowest BCUT2D eigenvalue weighted by atomic mass is 10.2. The van der Waals surface area contributed by atoms with Crippen LogP contribution in [0.5, 0.6) is 0 Å². The lowest BCUT2D eigenvalue weighted by molar-refractivity contribution is 0.122. The van der Waals surface area contributed by atoms with E-state index in [2.05, 4.69) is 5.10 Å². The number of hydrogen-bond donors (Lipinski definition) is 1. The molecule has 13 heavy (non-hydrogen) atoms. The SMILES string of the molecule is OCCCc1cnn(CC(F)F)c1. The topological polar surface area (TPSA) is 38.1 Å². The fourth-order valence-electron chi connectivity index (χ4n) is 1.06. The average molecular weight is 190 g/mol. The Labute approximate surface area is 75.0 Å². The standard InChI is InChI=1S/C8H12F2N2O/c9-8(10)6-12-5-7(4-11-12)2-1-3-13/h4-5,8,13H,1-3,6H2. The van der Waals surface area contributed by atoms with Crippen LogP contribution in [0.15, 0.2) is 12.4 Å². The van der Waals surface area contributed by atoms with Gasteiger partial charge in [-0.25, -0.2) is 8.78 Å². The summed E-state index contributed by atoms with van der Waals surface area (Å²) in [7, 11) is 0. The van der Waals surface area contributed by atoms with Gasteiger partial charge in [0.2, 0.25) is 0 Å². The minimum absolute atomic E-state index is 0.111. The summed E-state index contributed by atoms with van der Waals surface area (Å²) < 4.78 is 25.0. The minimum Gasteiger partial charge on any atom is -0.396 e. The van der Waals surface area contributed by atoms with Crippen molar-refractivity contribution in [3.63, 3.8) is 0 Å². The molecule has 0 aliphatic carbocycles. The van der Waals surface area contributed by atoms with Crippen molar-refractivity contribution in [3.05, 3.63) is 18.0 Å². The van der Waals surface area contributed by atoms with Gasteiger partial charge < -0.3 is 5.11 Å². The van der Waals surface area contributed by atoms with Crippen molar-refractivity contribution in [2.75, 3.05) is 6.61 Å². The Morgan fingerprint density at radius 2 is 2.31 bits per heavy atom. The van der Waals surface area contributed by atoms with Crippen LogP contribution in [0, 0.1) is 0 Å². The van der Waals surface area contributed by atoms with Gasteiger partial charge in [0.05, 0.1) is 6.20 Å². The van der Waals surface area contributed by atoms with Crippen LogP contribution in [0.4, 0.5) is 8.78 Å². The van der Waals surface area contributed by atoms with Gasteiger partial charge in [-0.2, -0.15) is 5.10 Å². The van der Waals surface area contributed by atoms with Gasteiger partial charge in [-0.1, -0.05) is 0 Å². The Morgan fingerprint density at radius 3 is 2.92 bits per heavy atom. The fourth-order valence-corrected chi connectivity index (χ4v) is 1.06. The first-order valence-corrected chi connectivity index (χ1v) is 4.12. The molecule has 1 N–H and O–H groups in total. The Bertz CT molecular complexity index is 250. The van der Waals surface area contributed by atoms with Gasteiger partial charge >= 0.3 is 0 Å². The van der Waals surface area contributed by atoms with Gasteiger partial charge in [-0.15, -0.1) is 0 Å². The zero-order valence-corrected chi connectivity index (χ0v) is 7.16. The van der Waals surface area contributed by atoms with Crippen molar-refractivity contribution < 1.29 is 13.9 Å². The first-order valence-electron chi connectivity index (χ1n) is 4.12. The molecule has 0 aromatic carbocycles. The molecule has 5 heteroatoms. The number of halogens is 2. The molecule has 0 aliphatic rings. The van der Waals surface area contributed by atoms with Crippen LogP contribution >= 0.6 is 0 Å². The Balaban J connectivity index is 2.44. The van der Waals surface area contributed by atoms with Crippen LogP contribution in [0.2, 0.25) is 0 Å². The molecule has 0 atom stereocenters. The quantitative estimate of drug-likeness (QED) is 0.754. The lowest BCUT2D eigenvalue weighted by Gasteiger charge is -1.97. The summed E-state index contributed by atoms with van der Waals surface area (Å²) in [5, 5.41) is 12.3. The summed E-state index contributed by atoms with van der Waals surface area (Å²) >= 11 is 0. The maximum atomic E-state index is 11.9. The normalized spacial score (nSPS) is 11.1. The molecule has 3 nitrogen and oxygen atoms in total. The third-order valence-electron chi connectivity index (χ3n) is 1.64. The van der Waals surface area contributed by atoms with Crippen LogP contribution in [-0.4, -0.2) is 27.9 Å². The van der Waals surface area contributed by atoms with Gasteiger partial charge in [0.15, 0.2) is 0 Å². The van der Waals surface area contributed by atoms with Gasteiger partial charge in [-0.05, 0) is 18.4 Å². The van der Waals surface area contributed by atoms with Crippen LogP contribution in [0.1, 0.15) is 12.0 Å². The summed E-state index contributed by atoms with van der Waals surface area (Å²) in [6, 6.07) is 0. The van der Waals surface area contributed by atoms with Crippen molar-refractivity contribution in [1.29, 1.82) is 0 Å². The van der Waals surface area contributed by atoms with E-state index < -0.39 is 6.43 Å². The van der Waals surface area contributed by atoms with Crippen LogP contribution < -0.4 is 0 Å². The maximum absolute atomic E-state index is 11.9. The van der Waals surface area contributed by atoms with E-state index in [0.29, 0.717) is 12.8 Å². The second-order valence-corrected chi connectivity index (χ2v) is 2.79. The van der Waals surface area contributed by atoms with E-state index in [1.807, 2.05) is 0 Å². The summed E-state index contributed by atoms with van der Waals surface area (Å²) in [6.45, 7) is -0.251. The number of aliphatic hydroxyl groups is 1. The third kappa shape index (κ3) is 3.50. The molecule has 0 saturated heterocycles. The monoisotopic (exact) mass is 190 g/mol. The molecule has 1 aromatic rings. The number of alkyl halides is 2. The van der Waals surface area contributed by atoms with Crippen molar-refractivity contribution >= 4 is 0 Å². The summed E-state index contributed by atoms with van der Waals surface area (Å²) in [4.78, 5) is 0. The molecule has 0 saturated carbocycles. The summed E-state index contributed by atoms with van der Waals surface area (Å²) in [6.07, 6.45) is 2.09. The Hall–Kier alpha value is -0.970. The van der Waals surface area contributed by atoms with E-state index in [9.17, 15) is 8.78 Å². The molecule has 0 unspecified atom stereocenters. The third-order valence-corrected chi connectivity index (χ3v) is 1.64. The van der Waals surface area contributed by atoms with E-state index >= 15 is 0 Å². The molecule has 0 bridgehead atoms. The molecular weight excluding hydrogens is 178 g/mol. The summed E-state index contributed by atoms with van der Waals surface area (Å²) in [5.74, 6) is 0. The smallest absolute Gasteiger partial charge is 0.257 e. The molecule has 74 valence electrons. The molecule has 1 aromatic heterocycles. The highest BCUT2D eigenvalue weighted by molar-refractivity contribution is 5.03. The first-order chi connectivity index (χ1) is 6.22. The lowest BCUT2D eigenvalue weighted by Crippen LogP contribution is -2.06. The number of rotatable bonds is 5. The van der Waals surface area contributed by atoms with Crippen LogP contribution in [0.25, 0.3) is 0 Å². The zero-order valence-electron chi connectivity index (χ0n) is 7.16. The fraction of sp³-hybridized carbons (Fsp3) is 0.625. The van der Waals surface area contributed by atoms with E-state index in [4.69, 9.17) is 5.11 Å². The first kappa shape index (κ1) is 10.1. The van der Waals surface area contributed by atoms with Crippen molar-refractivity contribution in [3.8, 4) is 0 Å². The van der Waals surface area contributed by atoms with Crippen molar-refractivity contribution in [1.82, 2.24) is 9.78 Å². The number of nitrogens with zero attached hydrogens (tertiary/aromatic N) is 2. The second kappa shape index (κ2) is 4.91. The van der Waals surface area contributed by atoms with Crippen molar-refractivity contribution in [2.45, 2.75) is 25.8 Å². The molecule has 0 aliphatic heterocycles. The molecule has 0 spiro atoms. The Morgan fingerprint density at radius 1 is 1.54 bits per heavy atom. The van der Waals surface area contributed by atoms with E-state index in [-0.39, 0.29) is 13.2 Å². The van der Waals surface area contributed by atoms with Crippen LogP contribution in [0.3, 0.4) is 0 Å². The zero-order chi connectivity index (χ0) is 9.68. The number of hydrogen-bond acceptors (Lipinski definition) is 2. The highest BCUT2D eigenvalue weighted by Crippen LogP contribution is 2.03. The predicted octanol–water partition coefficient (Wildman–Crippen LogP) is 1.07. The number of aryl methyl sites for hydroxylation is 1. The van der Waals surface area contributed by atoms with E-state index in [1.165, 1.54) is 4.68 Å². The molecule has 0 fully saturated rings. The van der Waals surface area contributed by atoms with Gasteiger partial charge in [0.25, 0.3) is 6.43 Å². The second-order valence-electron chi connectivity index (χ2n) is 2.79. The number of aromatic nitrogens is 2. The highest BCUT2D eigenvalue weighted by Gasteiger charge is 2.05. The highest BCUT2D eigenvalue weighted by atomic mass is 19.3. The van der Waals surface area contributed by atoms with E-state index in [0.717, 1.165) is 5.56 Å². The van der Waals surface area contributed by atoms with Gasteiger partial charge in [0, 0.05) is 12.8 Å². The van der Waals surface area contributed by atoms with E-state index in [1.54, 1.807) is 12.4 Å². The maximum Gasteiger partial charge on any atom is 0.257 e. The molecular formula is C8H12F2N2O. The Kier molecular flexibility index (Phi) is 3.82. The molecule has 1 rings (SSSR count). The summed E-state index contributed by atoms with van der Waals surface area (Å²) in [5.41, 5.74) is 0.884. The number of aliphatic hydroxyl groups excluding tert-OH is 1. The van der Waals surface area contributed by atoms with Crippen molar-refractivity contribution in [2.24, 2.45) is 0 Å². The predicted molar refractivity (Wildman–Crippen MR) is 43.6 cm³/mol. The molecule has 1 heterocycles. The molecule has 0 radical (unpaired) electrons. The minimum atomic E-state index is -2.37. The molecule has 0 amide bonds. The van der Waals surface area contributed by atoms with Gasteiger partial charge in [0.1, 0.15) is 6.54 Å². The van der Waals surface area contributed by atoms with Crippen LogP contribution in [-0.2, 0) is 13.0 Å². The average Bonchev–Trinajstić information content (AvgIpc) is 2.48. The largest absolute Gasteiger partial charge is 0.396 e.